The van der Waals surface area contributed by atoms with Gasteiger partial charge in [0.2, 0.25) is 0 Å². The van der Waals surface area contributed by atoms with Crippen LogP contribution < -0.4 is 10.6 Å². The summed E-state index contributed by atoms with van der Waals surface area (Å²) < 4.78 is 5.57. The minimum Gasteiger partial charge on any atom is -0.508 e. The van der Waals surface area contributed by atoms with Gasteiger partial charge in [0.05, 0.1) is 6.26 Å². The van der Waals surface area contributed by atoms with Gasteiger partial charge < -0.3 is 20.2 Å². The highest BCUT2D eigenvalue weighted by Gasteiger charge is 2.41. The maximum Gasteiger partial charge on any atom is 0.255 e. The second-order valence-corrected chi connectivity index (χ2v) is 8.80. The summed E-state index contributed by atoms with van der Waals surface area (Å²) in [5.41, 5.74) is 4.27. The number of Topliss-reactive ketones (excluding diaryl/α,β-unsaturated/α-hetero) is 1. The number of aromatic hydroxyl groups is 1. The number of amides is 1. The van der Waals surface area contributed by atoms with E-state index in [1.54, 1.807) is 42.8 Å². The average molecular weight is 456 g/mol. The van der Waals surface area contributed by atoms with Crippen LogP contribution in [0.15, 0.2) is 87.9 Å². The molecule has 7 heteroatoms. The van der Waals surface area contributed by atoms with Crippen molar-refractivity contribution < 1.29 is 19.1 Å². The zero-order valence-electron chi connectivity index (χ0n) is 19.0. The number of phenolic OH excluding ortho intramolecular Hbond substituents is 1. The van der Waals surface area contributed by atoms with Gasteiger partial charge in [0, 0.05) is 47.0 Å². The standard InChI is InChI=1S/C27H25N3O4/c1-15-5-10-23(28-14-15)30-27(33)24-16(2)29-20-12-18(22-4-3-11-34-22)13-21(32)26(20)25(24)17-6-8-19(31)9-7-17/h3-11,14,18,25,29,31H,12-13H2,1-2H3,(H,28,30,33). The van der Waals surface area contributed by atoms with Crippen molar-refractivity contribution in [3.05, 3.63) is 100 Å². The Bertz CT molecular complexity index is 1300. The van der Waals surface area contributed by atoms with Crippen LogP contribution in [0.25, 0.3) is 0 Å². The molecule has 5 rings (SSSR count). The highest BCUT2D eigenvalue weighted by molar-refractivity contribution is 6.09. The Hall–Kier alpha value is -4.13. The summed E-state index contributed by atoms with van der Waals surface area (Å²) in [4.78, 5) is 31.3. The number of nitrogens with zero attached hydrogens (tertiary/aromatic N) is 1. The number of hydrogen-bond donors (Lipinski definition) is 3. The highest BCUT2D eigenvalue weighted by Crippen LogP contribution is 2.45. The largest absolute Gasteiger partial charge is 0.508 e. The van der Waals surface area contributed by atoms with Gasteiger partial charge in [-0.2, -0.15) is 0 Å². The van der Waals surface area contributed by atoms with E-state index in [0.717, 1.165) is 22.6 Å². The number of aryl methyl sites for hydroxylation is 1. The number of allylic oxidation sites excluding steroid dienone is 3. The van der Waals surface area contributed by atoms with E-state index in [4.69, 9.17) is 4.42 Å². The Kier molecular flexibility index (Phi) is 5.53. The topological polar surface area (TPSA) is 104 Å². The summed E-state index contributed by atoms with van der Waals surface area (Å²) in [5.74, 6) is 0.356. The van der Waals surface area contributed by atoms with E-state index in [1.807, 2.05) is 32.0 Å². The summed E-state index contributed by atoms with van der Waals surface area (Å²) in [5, 5.41) is 16.0. The number of carbonyl (C=O) groups excluding carboxylic acids is 2. The van der Waals surface area contributed by atoms with E-state index in [-0.39, 0.29) is 23.4 Å². The molecule has 1 amide bonds. The fraction of sp³-hybridized carbons (Fsp3) is 0.222. The first-order valence-corrected chi connectivity index (χ1v) is 11.2. The third-order valence-electron chi connectivity index (χ3n) is 6.40. The van der Waals surface area contributed by atoms with Crippen LogP contribution in [0.4, 0.5) is 5.82 Å². The second-order valence-electron chi connectivity index (χ2n) is 8.80. The first kappa shape index (κ1) is 21.7. The number of aromatic nitrogens is 1. The first-order chi connectivity index (χ1) is 16.4. The number of benzene rings is 1. The molecule has 0 radical (unpaired) electrons. The Balaban J connectivity index is 1.55. The summed E-state index contributed by atoms with van der Waals surface area (Å²) >= 11 is 0. The van der Waals surface area contributed by atoms with E-state index in [1.165, 1.54) is 0 Å². The highest BCUT2D eigenvalue weighted by atomic mass is 16.3. The van der Waals surface area contributed by atoms with Gasteiger partial charge in [-0.15, -0.1) is 0 Å². The molecular weight excluding hydrogens is 430 g/mol. The molecule has 1 aromatic carbocycles. The van der Waals surface area contributed by atoms with Gasteiger partial charge in [-0.05, 0) is 61.7 Å². The molecular formula is C27H25N3O4. The SMILES string of the molecule is CC1=C(C(=O)Nc2ccc(C)cn2)C(c2ccc(O)cc2)C2=C(CC(c3ccco3)CC2=O)N1. The van der Waals surface area contributed by atoms with Crippen molar-refractivity contribution >= 4 is 17.5 Å². The fourth-order valence-corrected chi connectivity index (χ4v) is 4.79. The molecule has 2 aliphatic rings. The molecule has 3 N–H and O–H groups in total. The molecule has 2 unspecified atom stereocenters. The number of anilines is 1. The molecule has 0 saturated heterocycles. The van der Waals surface area contributed by atoms with Crippen molar-refractivity contribution in [2.75, 3.05) is 5.32 Å². The lowest BCUT2D eigenvalue weighted by Crippen LogP contribution is -2.37. The van der Waals surface area contributed by atoms with Gasteiger partial charge >= 0.3 is 0 Å². The van der Waals surface area contributed by atoms with Crippen molar-refractivity contribution in [1.82, 2.24) is 10.3 Å². The van der Waals surface area contributed by atoms with Crippen LogP contribution in [0, 0.1) is 6.92 Å². The molecule has 172 valence electrons. The monoisotopic (exact) mass is 455 g/mol. The number of rotatable bonds is 4. The molecule has 0 spiro atoms. The quantitative estimate of drug-likeness (QED) is 0.527. The molecule has 0 fully saturated rings. The van der Waals surface area contributed by atoms with Gasteiger partial charge in [0.15, 0.2) is 5.78 Å². The predicted octanol–water partition coefficient (Wildman–Crippen LogP) is 4.69. The van der Waals surface area contributed by atoms with E-state index in [2.05, 4.69) is 15.6 Å². The lowest BCUT2D eigenvalue weighted by molar-refractivity contribution is -0.116. The molecule has 34 heavy (non-hydrogen) atoms. The van der Waals surface area contributed by atoms with E-state index >= 15 is 0 Å². The molecule has 1 aliphatic carbocycles. The molecule has 2 atom stereocenters. The molecule has 0 bridgehead atoms. The number of dihydropyridines is 1. The molecule has 2 aromatic heterocycles. The van der Waals surface area contributed by atoms with Gasteiger partial charge in [-0.25, -0.2) is 4.98 Å². The number of carbonyl (C=O) groups is 2. The maximum absolute atomic E-state index is 13.5. The molecule has 3 aromatic rings. The van der Waals surface area contributed by atoms with Crippen molar-refractivity contribution in [2.24, 2.45) is 0 Å². The number of nitrogens with one attached hydrogen (secondary N) is 2. The summed E-state index contributed by atoms with van der Waals surface area (Å²) in [6.45, 7) is 3.77. The lowest BCUT2D eigenvalue weighted by atomic mass is 9.72. The van der Waals surface area contributed by atoms with Crippen LogP contribution in [0.1, 0.15) is 48.5 Å². The van der Waals surface area contributed by atoms with Crippen molar-refractivity contribution in [2.45, 2.75) is 38.5 Å². The minimum atomic E-state index is -0.563. The van der Waals surface area contributed by atoms with Gasteiger partial charge in [0.25, 0.3) is 5.91 Å². The van der Waals surface area contributed by atoms with Crippen LogP contribution in [0.3, 0.4) is 0 Å². The van der Waals surface area contributed by atoms with Crippen LogP contribution >= 0.6 is 0 Å². The lowest BCUT2D eigenvalue weighted by Gasteiger charge is -2.36. The fourth-order valence-electron chi connectivity index (χ4n) is 4.79. The summed E-state index contributed by atoms with van der Waals surface area (Å²) in [6, 6.07) is 14.0. The third-order valence-corrected chi connectivity index (χ3v) is 6.40. The predicted molar refractivity (Wildman–Crippen MR) is 127 cm³/mol. The Morgan fingerprint density at radius 3 is 2.59 bits per heavy atom. The Labute approximate surface area is 197 Å². The number of hydrogen-bond acceptors (Lipinski definition) is 6. The number of pyridine rings is 1. The van der Waals surface area contributed by atoms with Crippen LogP contribution in [0.2, 0.25) is 0 Å². The zero-order chi connectivity index (χ0) is 23.8. The summed E-state index contributed by atoms with van der Waals surface area (Å²) in [7, 11) is 0. The van der Waals surface area contributed by atoms with Crippen LogP contribution in [0.5, 0.6) is 5.75 Å². The molecule has 3 heterocycles. The smallest absolute Gasteiger partial charge is 0.255 e. The van der Waals surface area contributed by atoms with Gasteiger partial charge in [-0.1, -0.05) is 18.2 Å². The third kappa shape index (κ3) is 4.01. The number of furan rings is 1. The van der Waals surface area contributed by atoms with Gasteiger partial charge in [-0.3, -0.25) is 9.59 Å². The van der Waals surface area contributed by atoms with Crippen molar-refractivity contribution in [3.8, 4) is 5.75 Å². The van der Waals surface area contributed by atoms with E-state index < -0.39 is 5.92 Å². The first-order valence-electron chi connectivity index (χ1n) is 11.2. The zero-order valence-corrected chi connectivity index (χ0v) is 19.0. The molecule has 1 aliphatic heterocycles. The van der Waals surface area contributed by atoms with Crippen molar-refractivity contribution in [1.29, 1.82) is 0 Å². The average Bonchev–Trinajstić information content (AvgIpc) is 3.35. The minimum absolute atomic E-state index is 0.0283. The Morgan fingerprint density at radius 1 is 1.12 bits per heavy atom. The maximum atomic E-state index is 13.5. The molecule has 0 saturated carbocycles. The Morgan fingerprint density at radius 2 is 1.91 bits per heavy atom. The van der Waals surface area contributed by atoms with Crippen LogP contribution in [-0.2, 0) is 9.59 Å². The van der Waals surface area contributed by atoms with Gasteiger partial charge in [0.1, 0.15) is 17.3 Å². The van der Waals surface area contributed by atoms with E-state index in [0.29, 0.717) is 35.5 Å². The number of ketones is 1. The van der Waals surface area contributed by atoms with Crippen LogP contribution in [-0.4, -0.2) is 21.8 Å². The second kappa shape index (κ2) is 8.67. The summed E-state index contributed by atoms with van der Waals surface area (Å²) in [6.07, 6.45) is 4.21. The normalized spacial score (nSPS) is 20.1. The molecule has 7 nitrogen and oxygen atoms in total. The van der Waals surface area contributed by atoms with Crippen molar-refractivity contribution in [3.63, 3.8) is 0 Å². The van der Waals surface area contributed by atoms with E-state index in [9.17, 15) is 14.7 Å². The number of phenols is 1.